The quantitative estimate of drug-likeness (QED) is 0.0204. The number of allylic oxidation sites excluding steroid dienone is 8. The van der Waals surface area contributed by atoms with Crippen molar-refractivity contribution in [2.75, 3.05) is 47.5 Å². The van der Waals surface area contributed by atoms with Gasteiger partial charge in [0, 0.05) is 12.8 Å². The van der Waals surface area contributed by atoms with Crippen LogP contribution in [0.3, 0.4) is 0 Å². The zero-order chi connectivity index (χ0) is 38.6. The Morgan fingerprint density at radius 3 is 1.63 bits per heavy atom. The van der Waals surface area contributed by atoms with Crippen LogP contribution in [0.25, 0.3) is 0 Å². The summed E-state index contributed by atoms with van der Waals surface area (Å²) in [4.78, 5) is 37.4. The van der Waals surface area contributed by atoms with Crippen molar-refractivity contribution in [3.8, 4) is 0 Å². The minimum absolute atomic E-state index is 0.0367. The van der Waals surface area contributed by atoms with Crippen LogP contribution in [0, 0.1) is 0 Å². The Labute approximate surface area is 318 Å². The lowest BCUT2D eigenvalue weighted by Crippen LogP contribution is -2.37. The van der Waals surface area contributed by atoms with Crippen LogP contribution in [0.4, 0.5) is 0 Å². The molecule has 0 aliphatic rings. The standard InChI is InChI=1S/C42H76NO8P/c1-6-8-10-12-14-16-18-20-21-23-25-27-29-31-33-35-42(45)51-40(39-50-52(46,47)49-37-36-43(3,4)5)38-48-41(44)34-32-30-28-26-24-22-19-17-15-13-11-9-7-2/h8,10,12,14,16,18,20-21,40H,6-7,9,11,13,15,17,19,22-39H2,1-5H3/b10-8+,14-12+,18-16+,21-20+/t40-/m1/s1. The van der Waals surface area contributed by atoms with Gasteiger partial charge in [-0.1, -0.05) is 159 Å². The summed E-state index contributed by atoms with van der Waals surface area (Å²) < 4.78 is 33.8. The molecule has 0 N–H and O–H groups in total. The van der Waals surface area contributed by atoms with E-state index in [0.29, 0.717) is 17.4 Å². The molecule has 0 aromatic carbocycles. The van der Waals surface area contributed by atoms with Crippen LogP contribution < -0.4 is 4.89 Å². The Hall–Kier alpha value is -2.03. The molecule has 10 heteroatoms. The largest absolute Gasteiger partial charge is 0.756 e. The van der Waals surface area contributed by atoms with Crippen LogP contribution in [0.5, 0.6) is 0 Å². The Kier molecular flexibility index (Phi) is 33.4. The molecule has 0 saturated heterocycles. The normalized spacial score (nSPS) is 14.2. The van der Waals surface area contributed by atoms with Crippen molar-refractivity contribution < 1.29 is 42.1 Å². The van der Waals surface area contributed by atoms with Crippen molar-refractivity contribution >= 4 is 19.8 Å². The third kappa shape index (κ3) is 37.7. The molecule has 0 aromatic heterocycles. The monoisotopic (exact) mass is 754 g/mol. The van der Waals surface area contributed by atoms with E-state index >= 15 is 0 Å². The number of nitrogens with zero attached hydrogens (tertiary/aromatic N) is 1. The molecule has 0 bridgehead atoms. The molecule has 0 rings (SSSR count). The summed E-state index contributed by atoms with van der Waals surface area (Å²) in [6.45, 7) is 4.04. The maximum absolute atomic E-state index is 12.6. The van der Waals surface area contributed by atoms with Crippen molar-refractivity contribution in [1.82, 2.24) is 0 Å². The van der Waals surface area contributed by atoms with Gasteiger partial charge in [-0.2, -0.15) is 0 Å². The van der Waals surface area contributed by atoms with Gasteiger partial charge in [-0.05, 0) is 32.1 Å². The molecule has 0 aliphatic carbocycles. The molecule has 52 heavy (non-hydrogen) atoms. The Bertz CT molecular complexity index is 1030. The van der Waals surface area contributed by atoms with Gasteiger partial charge in [-0.25, -0.2) is 0 Å². The summed E-state index contributed by atoms with van der Waals surface area (Å²) in [5.74, 6) is -0.863. The number of quaternary nitrogens is 1. The molecule has 0 fully saturated rings. The van der Waals surface area contributed by atoms with Crippen molar-refractivity contribution in [3.05, 3.63) is 48.6 Å². The SMILES string of the molecule is CC/C=C/C=C/C=C/C=C/CCCCCCCC(=O)O[C@H](COC(=O)CCCCCCCCCCCCCCC)COP(=O)([O-])OCC[N+](C)(C)C. The summed E-state index contributed by atoms with van der Waals surface area (Å²) in [7, 11) is 1.14. The molecule has 0 saturated carbocycles. The summed E-state index contributed by atoms with van der Waals surface area (Å²) in [5.41, 5.74) is 0. The number of hydrogen-bond donors (Lipinski definition) is 0. The first-order valence-electron chi connectivity index (χ1n) is 20.4. The molecule has 302 valence electrons. The summed E-state index contributed by atoms with van der Waals surface area (Å²) >= 11 is 0. The van der Waals surface area contributed by atoms with Gasteiger partial charge in [0.2, 0.25) is 0 Å². The highest BCUT2D eigenvalue weighted by atomic mass is 31.2. The highest BCUT2D eigenvalue weighted by molar-refractivity contribution is 7.45. The molecule has 0 aliphatic heterocycles. The third-order valence-electron chi connectivity index (χ3n) is 8.46. The fourth-order valence-electron chi connectivity index (χ4n) is 5.25. The molecular weight excluding hydrogens is 677 g/mol. The zero-order valence-electron chi connectivity index (χ0n) is 33.7. The van der Waals surface area contributed by atoms with Gasteiger partial charge in [-0.3, -0.25) is 14.2 Å². The maximum Gasteiger partial charge on any atom is 0.306 e. The number of rotatable bonds is 36. The van der Waals surface area contributed by atoms with Crippen molar-refractivity contribution in [2.24, 2.45) is 0 Å². The second-order valence-electron chi connectivity index (χ2n) is 14.7. The van der Waals surface area contributed by atoms with E-state index in [1.165, 1.54) is 64.2 Å². The Balaban J connectivity index is 4.45. The number of phosphoric acid groups is 1. The fraction of sp³-hybridized carbons (Fsp3) is 0.762. The second-order valence-corrected chi connectivity index (χ2v) is 16.1. The molecule has 0 heterocycles. The lowest BCUT2D eigenvalue weighted by Gasteiger charge is -2.28. The van der Waals surface area contributed by atoms with Crippen molar-refractivity contribution in [1.29, 1.82) is 0 Å². The Morgan fingerprint density at radius 2 is 1.10 bits per heavy atom. The summed E-state index contributed by atoms with van der Waals surface area (Å²) in [6.07, 6.45) is 38.5. The van der Waals surface area contributed by atoms with E-state index in [9.17, 15) is 19.0 Å². The number of hydrogen-bond acceptors (Lipinski definition) is 8. The van der Waals surface area contributed by atoms with E-state index in [1.807, 2.05) is 51.5 Å². The highest BCUT2D eigenvalue weighted by Crippen LogP contribution is 2.38. The highest BCUT2D eigenvalue weighted by Gasteiger charge is 2.21. The topological polar surface area (TPSA) is 111 Å². The lowest BCUT2D eigenvalue weighted by atomic mass is 10.0. The first-order valence-corrected chi connectivity index (χ1v) is 21.9. The van der Waals surface area contributed by atoms with E-state index in [-0.39, 0.29) is 26.1 Å². The number of likely N-dealkylation sites (N-methyl/N-ethyl adjacent to an activating group) is 1. The predicted molar refractivity (Wildman–Crippen MR) is 213 cm³/mol. The molecule has 9 nitrogen and oxygen atoms in total. The molecule has 0 spiro atoms. The van der Waals surface area contributed by atoms with Crippen LogP contribution in [0.1, 0.15) is 155 Å². The van der Waals surface area contributed by atoms with E-state index in [0.717, 1.165) is 57.8 Å². The number of carbonyl (C=O) groups excluding carboxylic acids is 2. The maximum atomic E-state index is 12.6. The number of phosphoric ester groups is 1. The number of ether oxygens (including phenoxy) is 2. The minimum Gasteiger partial charge on any atom is -0.756 e. The van der Waals surface area contributed by atoms with E-state index < -0.39 is 32.5 Å². The van der Waals surface area contributed by atoms with E-state index in [2.05, 4.69) is 32.1 Å². The number of esters is 2. The minimum atomic E-state index is -4.63. The third-order valence-corrected chi connectivity index (χ3v) is 9.42. The van der Waals surface area contributed by atoms with Crippen LogP contribution in [0.2, 0.25) is 0 Å². The summed E-state index contributed by atoms with van der Waals surface area (Å²) in [5, 5.41) is 0. The fourth-order valence-corrected chi connectivity index (χ4v) is 5.98. The lowest BCUT2D eigenvalue weighted by molar-refractivity contribution is -0.870. The molecule has 1 unspecified atom stereocenters. The van der Waals surface area contributed by atoms with Crippen LogP contribution in [-0.2, 0) is 32.7 Å². The molecule has 0 amide bonds. The van der Waals surface area contributed by atoms with Crippen molar-refractivity contribution in [2.45, 2.75) is 161 Å². The van der Waals surface area contributed by atoms with Gasteiger partial charge in [-0.15, -0.1) is 0 Å². The van der Waals surface area contributed by atoms with E-state index in [1.54, 1.807) is 0 Å². The first-order chi connectivity index (χ1) is 25.0. The number of carbonyl (C=O) groups is 2. The first kappa shape index (κ1) is 50.0. The van der Waals surface area contributed by atoms with Gasteiger partial charge in [0.15, 0.2) is 6.10 Å². The average molecular weight is 754 g/mol. The van der Waals surface area contributed by atoms with Gasteiger partial charge in [0.05, 0.1) is 27.7 Å². The van der Waals surface area contributed by atoms with Gasteiger partial charge in [0.1, 0.15) is 19.8 Å². The molecular formula is C42H76NO8P. The van der Waals surface area contributed by atoms with Gasteiger partial charge in [0.25, 0.3) is 7.82 Å². The van der Waals surface area contributed by atoms with Gasteiger partial charge >= 0.3 is 11.9 Å². The van der Waals surface area contributed by atoms with Crippen LogP contribution in [-0.4, -0.2) is 70.0 Å². The molecule has 2 atom stereocenters. The molecule has 0 aromatic rings. The zero-order valence-corrected chi connectivity index (χ0v) is 34.6. The van der Waals surface area contributed by atoms with Crippen molar-refractivity contribution in [3.63, 3.8) is 0 Å². The average Bonchev–Trinajstić information content (AvgIpc) is 3.09. The van der Waals surface area contributed by atoms with Crippen LogP contribution in [0.15, 0.2) is 48.6 Å². The van der Waals surface area contributed by atoms with Gasteiger partial charge < -0.3 is 27.9 Å². The second kappa shape index (κ2) is 34.7. The number of unbranched alkanes of at least 4 members (excludes halogenated alkanes) is 17. The predicted octanol–water partition coefficient (Wildman–Crippen LogP) is 10.5. The Morgan fingerprint density at radius 1 is 0.615 bits per heavy atom. The summed E-state index contributed by atoms with van der Waals surface area (Å²) in [6, 6.07) is 0. The van der Waals surface area contributed by atoms with Crippen LogP contribution >= 0.6 is 7.82 Å². The van der Waals surface area contributed by atoms with E-state index in [4.69, 9.17) is 18.5 Å². The smallest absolute Gasteiger partial charge is 0.306 e. The molecule has 0 radical (unpaired) electrons.